The van der Waals surface area contributed by atoms with Gasteiger partial charge in [0.05, 0.1) is 21.5 Å². The van der Waals surface area contributed by atoms with Gasteiger partial charge in [-0.1, -0.05) is 84.9 Å². The predicted molar refractivity (Wildman–Crippen MR) is 183 cm³/mol. The van der Waals surface area contributed by atoms with Crippen LogP contribution in [0.2, 0.25) is 0 Å². The number of nitrogens with zero attached hydrogens (tertiary/aromatic N) is 2. The second-order valence-corrected chi connectivity index (χ2v) is 11.9. The van der Waals surface area contributed by atoms with E-state index in [9.17, 15) is 0 Å². The van der Waals surface area contributed by atoms with Gasteiger partial charge in [0.2, 0.25) is 11.0 Å². The highest BCUT2D eigenvalue weighted by molar-refractivity contribution is 6.21. The molecule has 0 aliphatic carbocycles. The summed E-state index contributed by atoms with van der Waals surface area (Å²) in [6.45, 7) is 0. The van der Waals surface area contributed by atoms with Crippen molar-refractivity contribution in [3.63, 3.8) is 0 Å². The molecule has 0 fully saturated rings. The number of pyridine rings is 4. The Morgan fingerprint density at radius 3 is 1.14 bits per heavy atom. The summed E-state index contributed by atoms with van der Waals surface area (Å²) in [6.07, 6.45) is 8.72. The zero-order valence-electron chi connectivity index (χ0n) is 23.9. The fourth-order valence-electron chi connectivity index (χ4n) is 7.40. The Bertz CT molecular complexity index is 2610. The standard InChI is InChI=1S/C42H26N2/c1-3-7-35-27(5-1)17-21-43-23-19-31-13-9-29-11-15-33(25-37(29)39(31)41(35)43)34-16-12-30-10-14-32-20-24-44-22-18-28-6-2-4-8-36(28)42(44)40(32)38(30)26-34/h1-26H/q+2. The topological polar surface area (TPSA) is 8.20 Å². The summed E-state index contributed by atoms with van der Waals surface area (Å²) in [5.41, 5.74) is 4.96. The number of fused-ring (bicyclic) bond motifs is 14. The Morgan fingerprint density at radius 2 is 0.659 bits per heavy atom. The van der Waals surface area contributed by atoms with Gasteiger partial charge in [0, 0.05) is 24.3 Å². The lowest BCUT2D eigenvalue weighted by atomic mass is 9.93. The van der Waals surface area contributed by atoms with Crippen LogP contribution in [0.4, 0.5) is 0 Å². The van der Waals surface area contributed by atoms with Crippen molar-refractivity contribution < 1.29 is 8.80 Å². The van der Waals surface area contributed by atoms with E-state index in [1.165, 1.54) is 86.8 Å². The van der Waals surface area contributed by atoms with Crippen molar-refractivity contribution in [1.29, 1.82) is 0 Å². The van der Waals surface area contributed by atoms with Gasteiger partial charge in [0.15, 0.2) is 24.8 Å². The van der Waals surface area contributed by atoms with Crippen LogP contribution < -0.4 is 8.80 Å². The van der Waals surface area contributed by atoms with Gasteiger partial charge in [-0.3, -0.25) is 0 Å². The quantitative estimate of drug-likeness (QED) is 0.140. The smallest absolute Gasteiger partial charge is 0.166 e. The number of hydrogen-bond acceptors (Lipinski definition) is 0. The molecule has 2 heteroatoms. The molecule has 0 unspecified atom stereocenters. The average molecular weight is 559 g/mol. The van der Waals surface area contributed by atoms with Gasteiger partial charge in [-0.05, 0) is 78.5 Å². The third kappa shape index (κ3) is 3.31. The van der Waals surface area contributed by atoms with Gasteiger partial charge in [-0.15, -0.1) is 0 Å². The lowest BCUT2D eigenvalue weighted by Gasteiger charge is -2.11. The number of hydrogen-bond donors (Lipinski definition) is 0. The lowest BCUT2D eigenvalue weighted by molar-refractivity contribution is -0.509. The van der Waals surface area contributed by atoms with Crippen LogP contribution >= 0.6 is 0 Å². The van der Waals surface area contributed by atoms with E-state index in [4.69, 9.17) is 0 Å². The van der Waals surface area contributed by atoms with Crippen LogP contribution in [0.5, 0.6) is 0 Å². The lowest BCUT2D eigenvalue weighted by Crippen LogP contribution is -2.20. The van der Waals surface area contributed by atoms with Crippen molar-refractivity contribution in [2.45, 2.75) is 0 Å². The van der Waals surface area contributed by atoms with Crippen molar-refractivity contribution in [2.75, 3.05) is 0 Å². The zero-order chi connectivity index (χ0) is 28.8. The van der Waals surface area contributed by atoms with Crippen LogP contribution in [0, 0.1) is 0 Å². The molecule has 0 bridgehead atoms. The summed E-state index contributed by atoms with van der Waals surface area (Å²) in [6, 6.07) is 49.2. The number of aromatic nitrogens is 2. The molecule has 0 saturated carbocycles. The van der Waals surface area contributed by atoms with Crippen LogP contribution in [0.15, 0.2) is 158 Å². The molecule has 0 amide bonds. The van der Waals surface area contributed by atoms with E-state index in [1.54, 1.807) is 0 Å². The Labute approximate surface area is 253 Å². The molecule has 44 heavy (non-hydrogen) atoms. The first-order valence-electron chi connectivity index (χ1n) is 15.2. The largest absolute Gasteiger partial charge is 0.226 e. The maximum Gasteiger partial charge on any atom is 0.226 e. The first-order chi connectivity index (χ1) is 21.8. The molecule has 10 rings (SSSR count). The predicted octanol–water partition coefficient (Wildman–Crippen LogP) is 9.75. The summed E-state index contributed by atoms with van der Waals surface area (Å²) < 4.78 is 4.54. The normalized spacial score (nSPS) is 12.1. The second kappa shape index (κ2) is 8.82. The summed E-state index contributed by atoms with van der Waals surface area (Å²) in [5.74, 6) is 0. The van der Waals surface area contributed by atoms with Crippen LogP contribution in [-0.2, 0) is 0 Å². The first-order valence-corrected chi connectivity index (χ1v) is 15.2. The highest BCUT2D eigenvalue weighted by atomic mass is 14.8. The monoisotopic (exact) mass is 558 g/mol. The van der Waals surface area contributed by atoms with Gasteiger partial charge in [0.1, 0.15) is 0 Å². The molecule has 202 valence electrons. The van der Waals surface area contributed by atoms with E-state index in [0.717, 1.165) is 0 Å². The fraction of sp³-hybridized carbons (Fsp3) is 0. The summed E-state index contributed by atoms with van der Waals surface area (Å²) in [4.78, 5) is 0. The molecule has 0 aliphatic rings. The van der Waals surface area contributed by atoms with Crippen LogP contribution in [0.1, 0.15) is 0 Å². The van der Waals surface area contributed by atoms with E-state index in [2.05, 4.69) is 167 Å². The van der Waals surface area contributed by atoms with Crippen molar-refractivity contribution in [2.24, 2.45) is 0 Å². The molecule has 0 spiro atoms. The SMILES string of the molecule is c1ccc2c(c1)cc[n+]1ccc3ccc4ccc(-c5ccc6ccc7cc[n+]8ccc9ccccc9c8c7c6c5)cc4c3c21. The molecule has 4 heterocycles. The summed E-state index contributed by atoms with van der Waals surface area (Å²) >= 11 is 0. The molecule has 6 aromatic carbocycles. The second-order valence-electron chi connectivity index (χ2n) is 11.9. The molecule has 0 N–H and O–H groups in total. The number of benzene rings is 6. The van der Waals surface area contributed by atoms with E-state index >= 15 is 0 Å². The van der Waals surface area contributed by atoms with Crippen LogP contribution in [0.25, 0.3) is 86.8 Å². The Kier molecular flexibility index (Phi) is 4.75. The molecular weight excluding hydrogens is 532 g/mol. The molecule has 2 nitrogen and oxygen atoms in total. The maximum atomic E-state index is 2.40. The summed E-state index contributed by atoms with van der Waals surface area (Å²) in [5, 5.41) is 15.2. The minimum Gasteiger partial charge on any atom is -0.166 e. The van der Waals surface area contributed by atoms with Crippen molar-refractivity contribution in [3.05, 3.63) is 158 Å². The van der Waals surface area contributed by atoms with Gasteiger partial charge in [-0.25, -0.2) is 0 Å². The molecule has 0 saturated heterocycles. The van der Waals surface area contributed by atoms with Gasteiger partial charge >= 0.3 is 0 Å². The first kappa shape index (κ1) is 23.7. The third-order valence-corrected chi connectivity index (χ3v) is 9.52. The van der Waals surface area contributed by atoms with E-state index in [0.29, 0.717) is 0 Å². The van der Waals surface area contributed by atoms with E-state index in [1.807, 2.05) is 0 Å². The molecule has 0 atom stereocenters. The third-order valence-electron chi connectivity index (χ3n) is 9.52. The average Bonchev–Trinajstić information content (AvgIpc) is 3.10. The van der Waals surface area contributed by atoms with Gasteiger partial charge < -0.3 is 0 Å². The maximum absolute atomic E-state index is 2.40. The van der Waals surface area contributed by atoms with Crippen molar-refractivity contribution >= 4 is 75.7 Å². The fourth-order valence-corrected chi connectivity index (χ4v) is 7.40. The van der Waals surface area contributed by atoms with Crippen LogP contribution in [-0.4, -0.2) is 0 Å². The zero-order valence-corrected chi connectivity index (χ0v) is 23.9. The van der Waals surface area contributed by atoms with Crippen molar-refractivity contribution in [3.8, 4) is 11.1 Å². The Morgan fingerprint density at radius 1 is 0.295 bits per heavy atom. The Balaban J connectivity index is 1.29. The van der Waals surface area contributed by atoms with Gasteiger partial charge in [-0.2, -0.15) is 8.80 Å². The number of rotatable bonds is 1. The van der Waals surface area contributed by atoms with Crippen LogP contribution in [0.3, 0.4) is 0 Å². The highest BCUT2D eigenvalue weighted by Gasteiger charge is 2.17. The summed E-state index contributed by atoms with van der Waals surface area (Å²) in [7, 11) is 0. The minimum atomic E-state index is 1.23. The molecular formula is C42H26N2+2. The molecule has 10 aromatic rings. The minimum absolute atomic E-state index is 1.23. The van der Waals surface area contributed by atoms with E-state index in [-0.39, 0.29) is 0 Å². The highest BCUT2D eigenvalue weighted by Crippen LogP contribution is 2.37. The molecule has 4 aromatic heterocycles. The van der Waals surface area contributed by atoms with Gasteiger partial charge in [0.25, 0.3) is 0 Å². The Hall–Kier alpha value is -5.86. The van der Waals surface area contributed by atoms with Crippen molar-refractivity contribution in [1.82, 2.24) is 0 Å². The molecule has 0 aliphatic heterocycles. The molecule has 0 radical (unpaired) electrons. The van der Waals surface area contributed by atoms with E-state index < -0.39 is 0 Å².